The van der Waals surface area contributed by atoms with Gasteiger partial charge in [0, 0.05) is 31.0 Å². The fraction of sp³-hybridized carbons (Fsp3) is 0.263. The van der Waals surface area contributed by atoms with E-state index in [-0.39, 0.29) is 17.5 Å². The molecule has 3 N–H and O–H groups in total. The number of benzene rings is 2. The number of aliphatic carboxylic acids is 1. The number of alkyl halides is 3. The Kier molecular flexibility index (Phi) is 5.94. The number of nitrogens with zero attached hydrogens (tertiary/aromatic N) is 2. The maximum Gasteiger partial charge on any atom is 0.490 e. The SMILES string of the molecule is N[C@H]1Cn2c(nc3c(F)cccc32)C[C@@H]1c1cc(F)c(F)cc1F.O=C(O)C(F)(F)F. The molecule has 2 aromatic carbocycles. The Labute approximate surface area is 169 Å². The van der Waals surface area contributed by atoms with E-state index < -0.39 is 47.4 Å². The van der Waals surface area contributed by atoms with Crippen LogP contribution in [0.25, 0.3) is 11.0 Å². The first-order valence-electron chi connectivity index (χ1n) is 8.74. The summed E-state index contributed by atoms with van der Waals surface area (Å²) in [6.45, 7) is 0.290. The second-order valence-electron chi connectivity index (χ2n) is 6.81. The van der Waals surface area contributed by atoms with Crippen LogP contribution in [0.15, 0.2) is 30.3 Å². The van der Waals surface area contributed by atoms with Crippen molar-refractivity contribution in [3.05, 3.63) is 65.0 Å². The number of aromatic nitrogens is 2. The van der Waals surface area contributed by atoms with Crippen LogP contribution >= 0.6 is 0 Å². The summed E-state index contributed by atoms with van der Waals surface area (Å²) in [4.78, 5) is 13.2. The van der Waals surface area contributed by atoms with Gasteiger partial charge in [0.2, 0.25) is 0 Å². The normalized spacial score (nSPS) is 18.3. The van der Waals surface area contributed by atoms with E-state index in [9.17, 15) is 30.7 Å². The number of fused-ring (bicyclic) bond motifs is 3. The highest BCUT2D eigenvalue weighted by Crippen LogP contribution is 2.33. The highest BCUT2D eigenvalue weighted by Gasteiger charge is 2.38. The largest absolute Gasteiger partial charge is 0.490 e. The zero-order valence-corrected chi connectivity index (χ0v) is 15.4. The molecule has 3 aromatic rings. The van der Waals surface area contributed by atoms with Gasteiger partial charge in [0.25, 0.3) is 0 Å². The van der Waals surface area contributed by atoms with E-state index in [0.29, 0.717) is 24.0 Å². The van der Waals surface area contributed by atoms with E-state index in [1.807, 2.05) is 0 Å². The minimum atomic E-state index is -5.08. The molecule has 0 amide bonds. The standard InChI is InChI=1S/C17H13F4N3.C2HF3O2/c18-10-2-1-3-15-17(10)23-16-5-9(14(22)7-24(15)16)8-4-12(20)13(21)6-11(8)19;3-2(4,5)1(6)7/h1-4,6,9,14H,5,7,22H2;(H,6,7)/t9-,14+;/m1./s1. The molecule has 166 valence electrons. The number of para-hydroxylation sites is 1. The lowest BCUT2D eigenvalue weighted by Gasteiger charge is -2.30. The van der Waals surface area contributed by atoms with Crippen molar-refractivity contribution >= 4 is 17.0 Å². The number of hydrogen-bond acceptors (Lipinski definition) is 3. The Morgan fingerprint density at radius 1 is 1.06 bits per heavy atom. The number of rotatable bonds is 1. The van der Waals surface area contributed by atoms with E-state index in [4.69, 9.17) is 15.6 Å². The van der Waals surface area contributed by atoms with Gasteiger partial charge in [-0.1, -0.05) is 6.07 Å². The first-order valence-corrected chi connectivity index (χ1v) is 8.74. The van der Waals surface area contributed by atoms with Crippen LogP contribution in [0.3, 0.4) is 0 Å². The summed E-state index contributed by atoms with van der Waals surface area (Å²) in [6.07, 6.45) is -4.86. The van der Waals surface area contributed by atoms with Crippen LogP contribution in [0.2, 0.25) is 0 Å². The first kappa shape index (κ1) is 22.5. The minimum absolute atomic E-state index is 0.0141. The zero-order chi connectivity index (χ0) is 23.1. The zero-order valence-electron chi connectivity index (χ0n) is 15.4. The van der Waals surface area contributed by atoms with E-state index in [1.54, 1.807) is 16.7 Å². The predicted octanol–water partition coefficient (Wildman–Crippen LogP) is 3.89. The lowest BCUT2D eigenvalue weighted by Crippen LogP contribution is -2.39. The van der Waals surface area contributed by atoms with Crippen LogP contribution in [-0.4, -0.2) is 32.8 Å². The van der Waals surface area contributed by atoms with E-state index in [1.165, 1.54) is 6.07 Å². The van der Waals surface area contributed by atoms with Gasteiger partial charge in [-0.15, -0.1) is 0 Å². The van der Waals surface area contributed by atoms with Crippen molar-refractivity contribution in [1.82, 2.24) is 9.55 Å². The Hall–Kier alpha value is -3.15. The molecule has 1 aromatic heterocycles. The van der Waals surface area contributed by atoms with Crippen LogP contribution in [0.4, 0.5) is 30.7 Å². The van der Waals surface area contributed by atoms with Crippen molar-refractivity contribution in [1.29, 1.82) is 0 Å². The second kappa shape index (κ2) is 8.17. The molecule has 0 aliphatic carbocycles. The Balaban J connectivity index is 0.000000339. The first-order chi connectivity index (χ1) is 14.4. The fourth-order valence-electron chi connectivity index (χ4n) is 3.37. The van der Waals surface area contributed by atoms with Gasteiger partial charge in [-0.2, -0.15) is 13.2 Å². The third kappa shape index (κ3) is 4.48. The number of halogens is 7. The highest BCUT2D eigenvalue weighted by atomic mass is 19.4. The van der Waals surface area contributed by atoms with Crippen molar-refractivity contribution in [2.24, 2.45) is 5.73 Å². The molecule has 1 aliphatic heterocycles. The number of hydrogen-bond donors (Lipinski definition) is 2. The molecule has 0 spiro atoms. The smallest absolute Gasteiger partial charge is 0.475 e. The Morgan fingerprint density at radius 3 is 2.29 bits per heavy atom. The topological polar surface area (TPSA) is 81.1 Å². The van der Waals surface area contributed by atoms with Crippen molar-refractivity contribution < 1.29 is 40.6 Å². The lowest BCUT2D eigenvalue weighted by atomic mass is 9.86. The van der Waals surface area contributed by atoms with E-state index >= 15 is 0 Å². The minimum Gasteiger partial charge on any atom is -0.475 e. The maximum atomic E-state index is 14.1. The van der Waals surface area contributed by atoms with Gasteiger partial charge >= 0.3 is 12.1 Å². The second-order valence-corrected chi connectivity index (χ2v) is 6.81. The van der Waals surface area contributed by atoms with E-state index in [2.05, 4.69) is 4.98 Å². The summed E-state index contributed by atoms with van der Waals surface area (Å²) >= 11 is 0. The summed E-state index contributed by atoms with van der Waals surface area (Å²) in [7, 11) is 0. The Bertz CT molecular complexity index is 1140. The van der Waals surface area contributed by atoms with Gasteiger partial charge in [0.15, 0.2) is 17.5 Å². The molecule has 31 heavy (non-hydrogen) atoms. The Morgan fingerprint density at radius 2 is 1.68 bits per heavy atom. The van der Waals surface area contributed by atoms with Crippen LogP contribution in [0.1, 0.15) is 17.3 Å². The summed E-state index contributed by atoms with van der Waals surface area (Å²) < 4.78 is 88.1. The third-order valence-corrected chi connectivity index (χ3v) is 4.80. The number of carboxylic acids is 1. The number of nitrogens with two attached hydrogens (primary N) is 1. The van der Waals surface area contributed by atoms with Gasteiger partial charge in [0.05, 0.1) is 5.52 Å². The van der Waals surface area contributed by atoms with Gasteiger partial charge in [-0.05, 0) is 23.8 Å². The van der Waals surface area contributed by atoms with Gasteiger partial charge in [0.1, 0.15) is 17.2 Å². The molecule has 4 rings (SSSR count). The molecule has 0 saturated carbocycles. The van der Waals surface area contributed by atoms with Crippen molar-refractivity contribution in [3.63, 3.8) is 0 Å². The average Bonchev–Trinajstić information content (AvgIpc) is 3.03. The summed E-state index contributed by atoms with van der Waals surface area (Å²) in [5, 5.41) is 7.12. The molecule has 1 aliphatic rings. The number of carbonyl (C=O) groups is 1. The molecule has 12 heteroatoms. The monoisotopic (exact) mass is 449 g/mol. The molecule has 2 atom stereocenters. The fourth-order valence-corrected chi connectivity index (χ4v) is 3.37. The van der Waals surface area contributed by atoms with Gasteiger partial charge in [-0.3, -0.25) is 0 Å². The van der Waals surface area contributed by atoms with Crippen molar-refractivity contribution in [2.75, 3.05) is 0 Å². The molecule has 0 fully saturated rings. The molecule has 0 saturated heterocycles. The predicted molar refractivity (Wildman–Crippen MR) is 94.1 cm³/mol. The molecule has 2 heterocycles. The summed E-state index contributed by atoms with van der Waals surface area (Å²) in [6, 6.07) is 5.47. The number of imidazole rings is 1. The van der Waals surface area contributed by atoms with Crippen molar-refractivity contribution in [3.8, 4) is 0 Å². The summed E-state index contributed by atoms with van der Waals surface area (Å²) in [5.41, 5.74) is 7.00. The third-order valence-electron chi connectivity index (χ3n) is 4.80. The van der Waals surface area contributed by atoms with Crippen LogP contribution < -0.4 is 5.73 Å². The molecule has 0 unspecified atom stereocenters. The summed E-state index contributed by atoms with van der Waals surface area (Å²) in [5.74, 6) is -6.42. The quantitative estimate of drug-likeness (QED) is 0.436. The van der Waals surface area contributed by atoms with Crippen LogP contribution in [0.5, 0.6) is 0 Å². The molecule has 0 bridgehead atoms. The van der Waals surface area contributed by atoms with Crippen LogP contribution in [0, 0.1) is 23.3 Å². The maximum absolute atomic E-state index is 14.1. The lowest BCUT2D eigenvalue weighted by molar-refractivity contribution is -0.192. The molecule has 0 radical (unpaired) electrons. The molecule has 5 nitrogen and oxygen atoms in total. The highest BCUT2D eigenvalue weighted by molar-refractivity contribution is 5.77. The van der Waals surface area contributed by atoms with E-state index in [0.717, 1.165) is 6.07 Å². The van der Waals surface area contributed by atoms with Gasteiger partial charge < -0.3 is 15.4 Å². The average molecular weight is 449 g/mol. The van der Waals surface area contributed by atoms with Crippen molar-refractivity contribution in [2.45, 2.75) is 31.1 Å². The number of carboxylic acid groups (broad SMARTS) is 1. The molecular weight excluding hydrogens is 435 g/mol. The van der Waals surface area contributed by atoms with Gasteiger partial charge in [-0.25, -0.2) is 27.3 Å². The molecular formula is C19H14F7N3O2. The van der Waals surface area contributed by atoms with Crippen LogP contribution in [-0.2, 0) is 17.8 Å².